The average Bonchev–Trinajstić information content (AvgIpc) is 3.45. The van der Waals surface area contributed by atoms with Crippen LogP contribution in [0.3, 0.4) is 0 Å². The molecule has 1 saturated heterocycles. The third-order valence-corrected chi connectivity index (χ3v) is 7.67. The fraction of sp³-hybridized carbons (Fsp3) is 0.250. The predicted octanol–water partition coefficient (Wildman–Crippen LogP) is 6.21. The molecule has 5 aromatic rings. The van der Waals surface area contributed by atoms with Crippen LogP contribution in [0.4, 0.5) is 5.69 Å². The number of hydrogen-bond acceptors (Lipinski definition) is 5. The van der Waals surface area contributed by atoms with Gasteiger partial charge in [-0.25, -0.2) is 4.98 Å². The molecule has 3 heterocycles. The van der Waals surface area contributed by atoms with Crippen LogP contribution in [-0.4, -0.2) is 58.4 Å². The Labute approximate surface area is 228 Å². The number of nitrogens with zero attached hydrogens (tertiary/aromatic N) is 3. The summed E-state index contributed by atoms with van der Waals surface area (Å²) >= 11 is 0. The van der Waals surface area contributed by atoms with E-state index >= 15 is 0 Å². The molecule has 1 fully saturated rings. The number of H-pyrrole nitrogens is 1. The van der Waals surface area contributed by atoms with Gasteiger partial charge in [-0.1, -0.05) is 37.3 Å². The van der Waals surface area contributed by atoms with Crippen molar-refractivity contribution in [2.45, 2.75) is 20.4 Å². The molecule has 2 N–H and O–H groups in total. The minimum absolute atomic E-state index is 0.141. The molecule has 1 aliphatic rings. The number of fused-ring (bicyclic) bond motifs is 2. The molecule has 0 bridgehead atoms. The highest BCUT2D eigenvalue weighted by Crippen LogP contribution is 2.34. The third kappa shape index (κ3) is 5.24. The highest BCUT2D eigenvalue weighted by Gasteiger charge is 2.17. The number of rotatable bonds is 7. The number of ether oxygens (including phenoxy) is 1. The first kappa shape index (κ1) is 25.1. The maximum atomic E-state index is 13.4. The van der Waals surface area contributed by atoms with E-state index in [1.165, 1.54) is 11.1 Å². The summed E-state index contributed by atoms with van der Waals surface area (Å²) in [6.45, 7) is 10.8. The first-order valence-electron chi connectivity index (χ1n) is 13.6. The van der Waals surface area contributed by atoms with Gasteiger partial charge in [0, 0.05) is 61.8 Å². The Bertz CT molecular complexity index is 1630. The molecule has 0 spiro atoms. The summed E-state index contributed by atoms with van der Waals surface area (Å²) in [5.41, 5.74) is 4.67. The zero-order valence-corrected chi connectivity index (χ0v) is 22.4. The van der Waals surface area contributed by atoms with Crippen molar-refractivity contribution in [3.05, 3.63) is 95.8 Å². The molecule has 3 aromatic carbocycles. The molecule has 0 saturated carbocycles. The number of pyridine rings is 1. The molecule has 0 radical (unpaired) electrons. The van der Waals surface area contributed by atoms with Gasteiger partial charge < -0.3 is 19.9 Å². The lowest BCUT2D eigenvalue weighted by atomic mass is 10.0. The monoisotopic (exact) mass is 519 g/mol. The molecule has 7 nitrogen and oxygen atoms in total. The summed E-state index contributed by atoms with van der Waals surface area (Å²) in [5, 5.41) is 5.74. The SMILES string of the molecule is CCN1CCN(Cc2ccc(NC(=O)c3cccc4c(Oc5ccnc6[nH]ccc56)cccc34)cc2C)CC1. The van der Waals surface area contributed by atoms with E-state index in [0.717, 1.165) is 66.8 Å². The van der Waals surface area contributed by atoms with Crippen molar-refractivity contribution in [1.82, 2.24) is 19.8 Å². The lowest BCUT2D eigenvalue weighted by Crippen LogP contribution is -2.45. The summed E-state index contributed by atoms with van der Waals surface area (Å²) in [4.78, 5) is 25.9. The third-order valence-electron chi connectivity index (χ3n) is 7.67. The summed E-state index contributed by atoms with van der Waals surface area (Å²) in [7, 11) is 0. The van der Waals surface area contributed by atoms with Crippen molar-refractivity contribution in [1.29, 1.82) is 0 Å². The van der Waals surface area contributed by atoms with E-state index < -0.39 is 0 Å². The van der Waals surface area contributed by atoms with Crippen LogP contribution in [0.15, 0.2) is 79.1 Å². The number of hydrogen-bond donors (Lipinski definition) is 2. The van der Waals surface area contributed by atoms with Gasteiger partial charge >= 0.3 is 0 Å². The van der Waals surface area contributed by atoms with Crippen LogP contribution in [0.5, 0.6) is 11.5 Å². The van der Waals surface area contributed by atoms with Gasteiger partial charge in [0.25, 0.3) is 5.91 Å². The zero-order chi connectivity index (χ0) is 26.8. The van der Waals surface area contributed by atoms with Crippen molar-refractivity contribution in [2.75, 3.05) is 38.0 Å². The van der Waals surface area contributed by atoms with Crippen LogP contribution in [0.1, 0.15) is 28.4 Å². The number of carbonyl (C=O) groups is 1. The predicted molar refractivity (Wildman–Crippen MR) is 157 cm³/mol. The number of piperazine rings is 1. The quantitative estimate of drug-likeness (QED) is 0.268. The number of aryl methyl sites for hydroxylation is 1. The minimum atomic E-state index is -0.141. The van der Waals surface area contributed by atoms with Gasteiger partial charge in [0.05, 0.1) is 5.39 Å². The summed E-state index contributed by atoms with van der Waals surface area (Å²) in [6.07, 6.45) is 3.57. The molecule has 1 amide bonds. The fourth-order valence-electron chi connectivity index (χ4n) is 5.37. The Morgan fingerprint density at radius 1 is 0.923 bits per heavy atom. The number of anilines is 1. The molecule has 0 atom stereocenters. The van der Waals surface area contributed by atoms with Gasteiger partial charge in [0.1, 0.15) is 17.1 Å². The van der Waals surface area contributed by atoms with Gasteiger partial charge in [-0.2, -0.15) is 0 Å². The molecule has 1 aliphatic heterocycles. The maximum absolute atomic E-state index is 13.4. The number of nitrogens with one attached hydrogen (secondary N) is 2. The summed E-state index contributed by atoms with van der Waals surface area (Å²) in [6, 6.07) is 21.6. The highest BCUT2D eigenvalue weighted by molar-refractivity contribution is 6.13. The molecular formula is C32H33N5O2. The van der Waals surface area contributed by atoms with E-state index in [0.29, 0.717) is 17.1 Å². The Morgan fingerprint density at radius 2 is 1.69 bits per heavy atom. The van der Waals surface area contributed by atoms with Crippen molar-refractivity contribution in [2.24, 2.45) is 0 Å². The fourth-order valence-corrected chi connectivity index (χ4v) is 5.37. The van der Waals surface area contributed by atoms with E-state index in [1.807, 2.05) is 60.8 Å². The second-order valence-electron chi connectivity index (χ2n) is 10.1. The Morgan fingerprint density at radius 3 is 2.51 bits per heavy atom. The standard InChI is InChI=1S/C32H33N5O2/c1-3-36-16-18-37(19-17-36)21-23-10-11-24(20-22(23)2)35-32(38)27-8-4-7-26-25(27)6-5-9-29(26)39-30-13-15-34-31-28(30)12-14-33-31/h4-15,20H,3,16-19,21H2,1-2H3,(H,33,34)(H,35,38). The van der Waals surface area contributed by atoms with Crippen molar-refractivity contribution in [3.63, 3.8) is 0 Å². The lowest BCUT2D eigenvalue weighted by molar-refractivity contribution is 0.102. The van der Waals surface area contributed by atoms with Crippen LogP contribution >= 0.6 is 0 Å². The van der Waals surface area contributed by atoms with Crippen molar-refractivity contribution in [3.8, 4) is 11.5 Å². The topological polar surface area (TPSA) is 73.5 Å². The minimum Gasteiger partial charge on any atom is -0.456 e. The molecule has 0 unspecified atom stereocenters. The molecule has 0 aliphatic carbocycles. The largest absolute Gasteiger partial charge is 0.456 e. The maximum Gasteiger partial charge on any atom is 0.256 e. The van der Waals surface area contributed by atoms with E-state index in [1.54, 1.807) is 6.20 Å². The van der Waals surface area contributed by atoms with Crippen LogP contribution < -0.4 is 10.1 Å². The number of aromatic amines is 1. The smallest absolute Gasteiger partial charge is 0.256 e. The highest BCUT2D eigenvalue weighted by atomic mass is 16.5. The first-order chi connectivity index (χ1) is 19.1. The van der Waals surface area contributed by atoms with E-state index in [9.17, 15) is 4.79 Å². The normalized spacial score (nSPS) is 14.6. The van der Waals surface area contributed by atoms with Crippen LogP contribution in [-0.2, 0) is 6.54 Å². The van der Waals surface area contributed by atoms with Crippen LogP contribution in [0.25, 0.3) is 21.8 Å². The van der Waals surface area contributed by atoms with E-state index in [-0.39, 0.29) is 5.91 Å². The second-order valence-corrected chi connectivity index (χ2v) is 10.1. The Kier molecular flexibility index (Phi) is 7.00. The summed E-state index contributed by atoms with van der Waals surface area (Å²) in [5.74, 6) is 1.26. The number of carbonyl (C=O) groups excluding carboxylic acids is 1. The number of aromatic nitrogens is 2. The molecule has 2 aromatic heterocycles. The Balaban J connectivity index is 1.20. The van der Waals surface area contributed by atoms with Crippen LogP contribution in [0.2, 0.25) is 0 Å². The molecule has 198 valence electrons. The first-order valence-corrected chi connectivity index (χ1v) is 13.6. The molecular weight excluding hydrogens is 486 g/mol. The van der Waals surface area contributed by atoms with Gasteiger partial charge in [-0.05, 0) is 66.4 Å². The van der Waals surface area contributed by atoms with E-state index in [4.69, 9.17) is 4.74 Å². The average molecular weight is 520 g/mol. The van der Waals surface area contributed by atoms with Crippen LogP contribution in [0, 0.1) is 6.92 Å². The summed E-state index contributed by atoms with van der Waals surface area (Å²) < 4.78 is 6.32. The number of likely N-dealkylation sites (N-methyl/N-ethyl adjacent to an activating group) is 1. The van der Waals surface area contributed by atoms with E-state index in [2.05, 4.69) is 51.1 Å². The zero-order valence-electron chi connectivity index (χ0n) is 22.4. The molecule has 7 heteroatoms. The van der Waals surface area contributed by atoms with Gasteiger partial charge in [0.15, 0.2) is 0 Å². The van der Waals surface area contributed by atoms with Crippen molar-refractivity contribution < 1.29 is 9.53 Å². The lowest BCUT2D eigenvalue weighted by Gasteiger charge is -2.34. The molecule has 39 heavy (non-hydrogen) atoms. The molecule has 6 rings (SSSR count). The second kappa shape index (κ2) is 10.9. The number of amides is 1. The number of benzene rings is 3. The van der Waals surface area contributed by atoms with Gasteiger partial charge in [-0.15, -0.1) is 0 Å². The van der Waals surface area contributed by atoms with Gasteiger partial charge in [-0.3, -0.25) is 9.69 Å². The van der Waals surface area contributed by atoms with Gasteiger partial charge in [0.2, 0.25) is 0 Å². The van der Waals surface area contributed by atoms with Crippen molar-refractivity contribution >= 4 is 33.4 Å². The Hall–Kier alpha value is -4.20.